The van der Waals surface area contributed by atoms with Gasteiger partial charge in [-0.25, -0.2) is 4.98 Å². The van der Waals surface area contributed by atoms with E-state index < -0.39 is 0 Å². The number of aromatic nitrogens is 1. The largest absolute Gasteiger partial charge is 0.494 e. The molecule has 30 heavy (non-hydrogen) atoms. The van der Waals surface area contributed by atoms with Gasteiger partial charge < -0.3 is 14.1 Å². The third kappa shape index (κ3) is 7.51. The molecular formula is C25H33ClN2O2. The smallest absolute Gasteiger partial charge is 0.220 e. The van der Waals surface area contributed by atoms with Crippen LogP contribution in [0.2, 0.25) is 0 Å². The Labute approximate surface area is 186 Å². The molecule has 1 aromatic heterocycles. The Kier molecular flexibility index (Phi) is 10.5. The zero-order valence-corrected chi connectivity index (χ0v) is 18.9. The molecule has 3 rings (SSSR count). The van der Waals surface area contributed by atoms with E-state index >= 15 is 0 Å². The van der Waals surface area contributed by atoms with Crippen molar-refractivity contribution in [1.82, 2.24) is 9.88 Å². The molecule has 5 heteroatoms. The maximum absolute atomic E-state index is 5.89. The fourth-order valence-corrected chi connectivity index (χ4v) is 3.40. The minimum atomic E-state index is 0. The van der Waals surface area contributed by atoms with E-state index in [1.54, 1.807) is 0 Å². The van der Waals surface area contributed by atoms with Crippen molar-refractivity contribution in [2.45, 2.75) is 39.5 Å². The van der Waals surface area contributed by atoms with E-state index in [0.29, 0.717) is 5.89 Å². The molecular weight excluding hydrogens is 396 g/mol. The molecule has 0 aliphatic carbocycles. The number of benzene rings is 2. The van der Waals surface area contributed by atoms with E-state index in [1.807, 2.05) is 48.6 Å². The molecule has 162 valence electrons. The van der Waals surface area contributed by atoms with Crippen LogP contribution in [0, 0.1) is 0 Å². The second-order valence-electron chi connectivity index (χ2n) is 7.32. The van der Waals surface area contributed by atoms with E-state index in [1.165, 1.54) is 38.9 Å². The highest BCUT2D eigenvalue weighted by Crippen LogP contribution is 2.18. The van der Waals surface area contributed by atoms with Gasteiger partial charge in [0, 0.05) is 6.08 Å². The Hall–Kier alpha value is -2.30. The number of halogens is 1. The second-order valence-corrected chi connectivity index (χ2v) is 7.32. The SMILES string of the molecule is CCCN(CCC)CCCCOc1ccc(/C=C/c2nc3ccccc3o2)cc1.Cl. The molecule has 0 atom stereocenters. The molecule has 0 fully saturated rings. The number of hydrogen-bond donors (Lipinski definition) is 0. The number of oxazole rings is 1. The molecule has 0 saturated carbocycles. The van der Waals surface area contributed by atoms with Crippen molar-refractivity contribution in [1.29, 1.82) is 0 Å². The van der Waals surface area contributed by atoms with Crippen LogP contribution in [-0.4, -0.2) is 36.1 Å². The van der Waals surface area contributed by atoms with Crippen LogP contribution in [0.5, 0.6) is 5.75 Å². The first-order valence-corrected chi connectivity index (χ1v) is 10.8. The summed E-state index contributed by atoms with van der Waals surface area (Å²) in [5.41, 5.74) is 2.78. The summed E-state index contributed by atoms with van der Waals surface area (Å²) >= 11 is 0. The summed E-state index contributed by atoms with van der Waals surface area (Å²) in [5.74, 6) is 1.54. The van der Waals surface area contributed by atoms with E-state index in [-0.39, 0.29) is 12.4 Å². The Morgan fingerprint density at radius 2 is 1.63 bits per heavy atom. The van der Waals surface area contributed by atoms with Crippen molar-refractivity contribution in [2.75, 3.05) is 26.2 Å². The maximum atomic E-state index is 5.89. The number of para-hydroxylation sites is 2. The highest BCUT2D eigenvalue weighted by Gasteiger charge is 2.03. The van der Waals surface area contributed by atoms with Gasteiger partial charge in [-0.15, -0.1) is 12.4 Å². The normalized spacial score (nSPS) is 11.3. The van der Waals surface area contributed by atoms with Gasteiger partial charge in [0.2, 0.25) is 5.89 Å². The highest BCUT2D eigenvalue weighted by molar-refractivity contribution is 5.85. The molecule has 4 nitrogen and oxygen atoms in total. The summed E-state index contributed by atoms with van der Waals surface area (Å²) in [4.78, 5) is 7.01. The second kappa shape index (κ2) is 13.1. The third-order valence-electron chi connectivity index (χ3n) is 4.83. The predicted molar refractivity (Wildman–Crippen MR) is 128 cm³/mol. The number of nitrogens with zero attached hydrogens (tertiary/aromatic N) is 2. The number of ether oxygens (including phenoxy) is 1. The van der Waals surface area contributed by atoms with Crippen LogP contribution in [-0.2, 0) is 0 Å². The van der Waals surface area contributed by atoms with E-state index in [0.717, 1.165) is 35.4 Å². The fraction of sp³-hybridized carbons (Fsp3) is 0.400. The van der Waals surface area contributed by atoms with Gasteiger partial charge in [-0.2, -0.15) is 0 Å². The molecule has 3 aromatic rings. The van der Waals surface area contributed by atoms with Gasteiger partial charge >= 0.3 is 0 Å². The molecule has 0 N–H and O–H groups in total. The minimum absolute atomic E-state index is 0. The molecule has 0 amide bonds. The summed E-state index contributed by atoms with van der Waals surface area (Å²) in [7, 11) is 0. The van der Waals surface area contributed by atoms with Gasteiger partial charge in [0.25, 0.3) is 0 Å². The number of fused-ring (bicyclic) bond motifs is 1. The zero-order valence-electron chi connectivity index (χ0n) is 18.0. The van der Waals surface area contributed by atoms with Gasteiger partial charge in [0.15, 0.2) is 5.58 Å². The molecule has 0 aliphatic heterocycles. The van der Waals surface area contributed by atoms with Gasteiger partial charge in [-0.05, 0) is 81.2 Å². The van der Waals surface area contributed by atoms with Crippen LogP contribution < -0.4 is 4.74 Å². The van der Waals surface area contributed by atoms with Gasteiger partial charge in [-0.3, -0.25) is 0 Å². The molecule has 2 aromatic carbocycles. The first-order valence-electron chi connectivity index (χ1n) is 10.8. The van der Waals surface area contributed by atoms with Crippen LogP contribution in [0.15, 0.2) is 52.9 Å². The lowest BCUT2D eigenvalue weighted by Crippen LogP contribution is -2.26. The highest BCUT2D eigenvalue weighted by atomic mass is 35.5. The summed E-state index contributed by atoms with van der Waals surface area (Å²) < 4.78 is 11.6. The fourth-order valence-electron chi connectivity index (χ4n) is 3.40. The molecule has 0 spiro atoms. The van der Waals surface area contributed by atoms with Gasteiger partial charge in [0.1, 0.15) is 11.3 Å². The number of rotatable bonds is 12. The van der Waals surface area contributed by atoms with Gasteiger partial charge in [-0.1, -0.05) is 38.1 Å². The van der Waals surface area contributed by atoms with Crippen LogP contribution in [0.4, 0.5) is 0 Å². The predicted octanol–water partition coefficient (Wildman–Crippen LogP) is 6.70. The van der Waals surface area contributed by atoms with E-state index in [4.69, 9.17) is 9.15 Å². The summed E-state index contributed by atoms with van der Waals surface area (Å²) in [6, 6.07) is 15.9. The lowest BCUT2D eigenvalue weighted by molar-refractivity contribution is 0.250. The molecule has 0 unspecified atom stereocenters. The van der Waals surface area contributed by atoms with Crippen LogP contribution in [0.1, 0.15) is 51.0 Å². The van der Waals surface area contributed by atoms with Crippen molar-refractivity contribution < 1.29 is 9.15 Å². The summed E-state index contributed by atoms with van der Waals surface area (Å²) in [6.45, 7) is 8.84. The Bertz CT molecular complexity index is 851. The Morgan fingerprint density at radius 3 is 2.33 bits per heavy atom. The van der Waals surface area contributed by atoms with Crippen molar-refractivity contribution >= 4 is 35.7 Å². The molecule has 0 bridgehead atoms. The molecule has 0 aliphatic rings. The molecule has 0 radical (unpaired) electrons. The maximum Gasteiger partial charge on any atom is 0.220 e. The van der Waals surface area contributed by atoms with E-state index in [9.17, 15) is 0 Å². The first kappa shape index (κ1) is 24.0. The first-order chi connectivity index (χ1) is 14.3. The third-order valence-corrected chi connectivity index (χ3v) is 4.83. The zero-order chi connectivity index (χ0) is 20.3. The van der Waals surface area contributed by atoms with Crippen molar-refractivity contribution in [3.05, 3.63) is 60.0 Å². The van der Waals surface area contributed by atoms with Crippen molar-refractivity contribution in [2.24, 2.45) is 0 Å². The monoisotopic (exact) mass is 428 g/mol. The lowest BCUT2D eigenvalue weighted by atomic mass is 10.2. The van der Waals surface area contributed by atoms with Crippen molar-refractivity contribution in [3.8, 4) is 5.75 Å². The average Bonchev–Trinajstić information content (AvgIpc) is 3.16. The van der Waals surface area contributed by atoms with Gasteiger partial charge in [0.05, 0.1) is 6.61 Å². The lowest BCUT2D eigenvalue weighted by Gasteiger charge is -2.20. The molecule has 0 saturated heterocycles. The summed E-state index contributed by atoms with van der Waals surface area (Å²) in [6.07, 6.45) is 8.63. The Balaban J connectivity index is 0.00000320. The Morgan fingerprint density at radius 1 is 0.900 bits per heavy atom. The number of hydrogen-bond acceptors (Lipinski definition) is 4. The summed E-state index contributed by atoms with van der Waals surface area (Å²) in [5, 5.41) is 0. The van der Waals surface area contributed by atoms with Crippen LogP contribution in [0.25, 0.3) is 23.3 Å². The van der Waals surface area contributed by atoms with Crippen LogP contribution in [0.3, 0.4) is 0 Å². The van der Waals surface area contributed by atoms with Crippen molar-refractivity contribution in [3.63, 3.8) is 0 Å². The topological polar surface area (TPSA) is 38.5 Å². The minimum Gasteiger partial charge on any atom is -0.494 e. The standard InChI is InChI=1S/C25H32N2O2.ClH/c1-3-17-27(18-4-2)19-7-8-20-28-22-14-11-21(12-15-22)13-16-25-26-23-9-5-6-10-24(23)29-25;/h5-6,9-16H,3-4,7-8,17-20H2,1-2H3;1H/b16-13+;. The number of unbranched alkanes of at least 4 members (excludes halogenated alkanes) is 1. The van der Waals surface area contributed by atoms with E-state index in [2.05, 4.69) is 35.9 Å². The molecule has 1 heterocycles. The quantitative estimate of drug-likeness (QED) is 0.301. The average molecular weight is 429 g/mol. The van der Waals surface area contributed by atoms with Crippen LogP contribution >= 0.6 is 12.4 Å².